The van der Waals surface area contributed by atoms with Crippen molar-refractivity contribution in [3.05, 3.63) is 24.4 Å². The summed E-state index contributed by atoms with van der Waals surface area (Å²) in [6.45, 7) is 5.26. The Morgan fingerprint density at radius 2 is 1.85 bits per heavy atom. The summed E-state index contributed by atoms with van der Waals surface area (Å²) < 4.78 is 0. The minimum absolute atomic E-state index is 0. The lowest BCUT2D eigenvalue weighted by molar-refractivity contribution is -0.123. The largest absolute Gasteiger partial charge is 0.354 e. The van der Waals surface area contributed by atoms with Gasteiger partial charge < -0.3 is 16.0 Å². The minimum Gasteiger partial charge on any atom is -0.354 e. The molecule has 1 aliphatic carbocycles. The molecule has 148 valence electrons. The van der Waals surface area contributed by atoms with Crippen molar-refractivity contribution in [2.24, 2.45) is 5.73 Å². The molecule has 0 bridgehead atoms. The highest BCUT2D eigenvalue weighted by Gasteiger charge is 2.33. The zero-order valence-corrected chi connectivity index (χ0v) is 16.9. The molecular weight excluding hydrogens is 373 g/mol. The van der Waals surface area contributed by atoms with Crippen LogP contribution in [0.15, 0.2) is 24.4 Å². The minimum atomic E-state index is -0.130. The normalized spacial score (nSPS) is 19.3. The van der Waals surface area contributed by atoms with Crippen LogP contribution in [0.2, 0.25) is 0 Å². The second kappa shape index (κ2) is 10.9. The number of carbonyl (C=O) groups is 1. The van der Waals surface area contributed by atoms with E-state index in [9.17, 15) is 4.79 Å². The van der Waals surface area contributed by atoms with Crippen molar-refractivity contribution in [3.8, 4) is 0 Å². The van der Waals surface area contributed by atoms with Gasteiger partial charge in [-0.25, -0.2) is 4.98 Å². The third kappa shape index (κ3) is 5.98. The first-order valence-electron chi connectivity index (χ1n) is 9.10. The summed E-state index contributed by atoms with van der Waals surface area (Å²) in [4.78, 5) is 21.4. The van der Waals surface area contributed by atoms with Crippen molar-refractivity contribution in [2.45, 2.75) is 37.6 Å². The number of hydrogen-bond acceptors (Lipinski definition) is 5. The second-order valence-electron chi connectivity index (χ2n) is 7.01. The lowest BCUT2D eigenvalue weighted by Gasteiger charge is -2.35. The number of pyridine rings is 1. The number of nitrogens with zero attached hydrogens (tertiary/aromatic N) is 3. The Morgan fingerprint density at radius 1 is 1.15 bits per heavy atom. The molecule has 1 saturated heterocycles. The molecule has 1 aliphatic heterocycles. The number of hydrogen-bond donors (Lipinski definition) is 2. The van der Waals surface area contributed by atoms with E-state index in [2.05, 4.69) is 26.2 Å². The van der Waals surface area contributed by atoms with E-state index in [0.717, 1.165) is 51.4 Å². The molecule has 3 rings (SSSR count). The molecule has 0 radical (unpaired) electrons. The van der Waals surface area contributed by atoms with Crippen LogP contribution in [0.3, 0.4) is 0 Å². The summed E-state index contributed by atoms with van der Waals surface area (Å²) >= 11 is 0. The monoisotopic (exact) mass is 403 g/mol. The summed E-state index contributed by atoms with van der Waals surface area (Å²) in [7, 11) is 0. The van der Waals surface area contributed by atoms with Gasteiger partial charge in [0, 0.05) is 51.9 Å². The van der Waals surface area contributed by atoms with E-state index in [1.54, 1.807) is 0 Å². The topological polar surface area (TPSA) is 74.5 Å². The van der Waals surface area contributed by atoms with E-state index in [1.807, 2.05) is 18.3 Å². The lowest BCUT2D eigenvalue weighted by atomic mass is 9.97. The maximum Gasteiger partial charge on any atom is 0.221 e. The molecule has 0 atom stereocenters. The highest BCUT2D eigenvalue weighted by molar-refractivity contribution is 5.85. The fourth-order valence-electron chi connectivity index (χ4n) is 3.79. The highest BCUT2D eigenvalue weighted by Crippen LogP contribution is 2.28. The van der Waals surface area contributed by atoms with Crippen LogP contribution in [0.4, 0.5) is 5.82 Å². The van der Waals surface area contributed by atoms with Crippen LogP contribution in [0.25, 0.3) is 0 Å². The molecule has 1 amide bonds. The predicted octanol–water partition coefficient (Wildman–Crippen LogP) is 1.82. The van der Waals surface area contributed by atoms with Gasteiger partial charge in [-0.2, -0.15) is 0 Å². The number of rotatable bonds is 6. The van der Waals surface area contributed by atoms with Gasteiger partial charge in [0.2, 0.25) is 5.91 Å². The van der Waals surface area contributed by atoms with Gasteiger partial charge in [-0.1, -0.05) is 18.9 Å². The third-order valence-corrected chi connectivity index (χ3v) is 5.36. The molecule has 1 saturated carbocycles. The molecule has 1 aromatic rings. The van der Waals surface area contributed by atoms with Gasteiger partial charge in [-0.3, -0.25) is 9.69 Å². The van der Waals surface area contributed by atoms with Gasteiger partial charge in [-0.15, -0.1) is 24.8 Å². The lowest BCUT2D eigenvalue weighted by Crippen LogP contribution is -2.52. The van der Waals surface area contributed by atoms with Crippen LogP contribution in [0, 0.1) is 0 Å². The molecule has 6 nitrogen and oxygen atoms in total. The molecule has 0 unspecified atom stereocenters. The molecule has 2 aliphatic rings. The molecule has 26 heavy (non-hydrogen) atoms. The van der Waals surface area contributed by atoms with Crippen molar-refractivity contribution in [3.63, 3.8) is 0 Å². The van der Waals surface area contributed by atoms with E-state index >= 15 is 0 Å². The molecule has 0 spiro atoms. The number of halogens is 2. The van der Waals surface area contributed by atoms with Gasteiger partial charge >= 0.3 is 0 Å². The van der Waals surface area contributed by atoms with E-state index in [-0.39, 0.29) is 36.3 Å². The first kappa shape index (κ1) is 23.0. The van der Waals surface area contributed by atoms with Gasteiger partial charge in [0.15, 0.2) is 0 Å². The Morgan fingerprint density at radius 3 is 2.42 bits per heavy atom. The Balaban J connectivity index is 0.00000169. The number of nitrogens with one attached hydrogen (secondary N) is 1. The van der Waals surface area contributed by atoms with Crippen molar-refractivity contribution >= 4 is 36.5 Å². The summed E-state index contributed by atoms with van der Waals surface area (Å²) in [5, 5.41) is 3.21. The smallest absolute Gasteiger partial charge is 0.221 e. The van der Waals surface area contributed by atoms with E-state index in [0.29, 0.717) is 13.0 Å². The highest BCUT2D eigenvalue weighted by atomic mass is 35.5. The maximum atomic E-state index is 12.3. The van der Waals surface area contributed by atoms with Gasteiger partial charge in [0.05, 0.1) is 5.54 Å². The maximum absolute atomic E-state index is 12.3. The van der Waals surface area contributed by atoms with E-state index < -0.39 is 0 Å². The zero-order valence-electron chi connectivity index (χ0n) is 15.2. The summed E-state index contributed by atoms with van der Waals surface area (Å²) in [5.41, 5.74) is 5.76. The average Bonchev–Trinajstić information content (AvgIpc) is 3.10. The van der Waals surface area contributed by atoms with Crippen LogP contribution in [-0.2, 0) is 4.79 Å². The van der Waals surface area contributed by atoms with Gasteiger partial charge in [-0.05, 0) is 25.0 Å². The molecule has 3 N–H and O–H groups in total. The fraction of sp³-hybridized carbons (Fsp3) is 0.667. The van der Waals surface area contributed by atoms with E-state index in [1.165, 1.54) is 12.8 Å². The fourth-order valence-corrected chi connectivity index (χ4v) is 3.79. The molecule has 1 aromatic heterocycles. The van der Waals surface area contributed by atoms with Crippen molar-refractivity contribution in [1.82, 2.24) is 15.2 Å². The van der Waals surface area contributed by atoms with Crippen LogP contribution < -0.4 is 16.0 Å². The van der Waals surface area contributed by atoms with Crippen molar-refractivity contribution in [1.29, 1.82) is 0 Å². The Labute approximate surface area is 168 Å². The molecule has 0 aromatic carbocycles. The molecule has 2 heterocycles. The first-order chi connectivity index (χ1) is 11.7. The van der Waals surface area contributed by atoms with Gasteiger partial charge in [0.25, 0.3) is 0 Å². The number of amides is 1. The number of aromatic nitrogens is 1. The number of anilines is 1. The SMILES string of the molecule is Cl.Cl.NCC1(NC(=O)CCN2CCN(c3ccccn3)CC2)CCCC1. The van der Waals surface area contributed by atoms with E-state index in [4.69, 9.17) is 5.73 Å². The first-order valence-corrected chi connectivity index (χ1v) is 9.10. The molecule has 2 fully saturated rings. The van der Waals surface area contributed by atoms with Crippen molar-refractivity contribution < 1.29 is 4.79 Å². The number of carbonyl (C=O) groups excluding carboxylic acids is 1. The number of piperazine rings is 1. The summed E-state index contributed by atoms with van der Waals surface area (Å²) in [5.74, 6) is 1.19. The van der Waals surface area contributed by atoms with Gasteiger partial charge in [0.1, 0.15) is 5.82 Å². The quantitative estimate of drug-likeness (QED) is 0.757. The number of nitrogens with two attached hydrogens (primary N) is 1. The third-order valence-electron chi connectivity index (χ3n) is 5.36. The van der Waals surface area contributed by atoms with Crippen LogP contribution >= 0.6 is 24.8 Å². The van der Waals surface area contributed by atoms with Crippen molar-refractivity contribution in [2.75, 3.05) is 44.2 Å². The Kier molecular flexibility index (Phi) is 9.64. The summed E-state index contributed by atoms with van der Waals surface area (Å²) in [6.07, 6.45) is 6.80. The van der Waals surface area contributed by atoms with Crippen LogP contribution in [0.1, 0.15) is 32.1 Å². The Hall–Kier alpha value is -1.08. The zero-order chi connectivity index (χ0) is 16.8. The standard InChI is InChI=1S/C18H29N5O.2ClH/c19-15-18(7-2-3-8-18)21-17(24)6-10-22-11-13-23(14-12-22)16-5-1-4-9-20-16;;/h1,4-5,9H,2-3,6-8,10-15,19H2,(H,21,24);2*1H. The van der Waals surface area contributed by atoms with Crippen LogP contribution in [-0.4, -0.2) is 60.6 Å². The second-order valence-corrected chi connectivity index (χ2v) is 7.01. The summed E-state index contributed by atoms with van der Waals surface area (Å²) in [6, 6.07) is 6.02. The molecular formula is C18H31Cl2N5O. The Bertz CT molecular complexity index is 532. The predicted molar refractivity (Wildman–Crippen MR) is 110 cm³/mol. The average molecular weight is 404 g/mol. The molecule has 8 heteroatoms. The van der Waals surface area contributed by atoms with Crippen LogP contribution in [0.5, 0.6) is 0 Å².